The molecule has 0 radical (unpaired) electrons. The van der Waals surface area contributed by atoms with Crippen LogP contribution < -0.4 is 0 Å². The van der Waals surface area contributed by atoms with Crippen molar-refractivity contribution in [1.29, 1.82) is 0 Å². The molecular formula is C11H10F2N2O2. The Morgan fingerprint density at radius 2 is 2.18 bits per heavy atom. The number of aromatic nitrogens is 2. The second-order valence-corrected chi connectivity index (χ2v) is 3.48. The summed E-state index contributed by atoms with van der Waals surface area (Å²) in [6.45, 7) is 1.74. The van der Waals surface area contributed by atoms with Crippen LogP contribution in [0.4, 0.5) is 8.78 Å². The van der Waals surface area contributed by atoms with Crippen LogP contribution >= 0.6 is 0 Å². The van der Waals surface area contributed by atoms with E-state index in [0.717, 1.165) is 6.07 Å². The van der Waals surface area contributed by atoms with Crippen molar-refractivity contribution in [2.24, 2.45) is 0 Å². The number of benzene rings is 1. The van der Waals surface area contributed by atoms with Crippen LogP contribution in [0.25, 0.3) is 11.5 Å². The molecule has 0 saturated carbocycles. The van der Waals surface area contributed by atoms with Crippen molar-refractivity contribution in [3.05, 3.63) is 35.7 Å². The van der Waals surface area contributed by atoms with Gasteiger partial charge in [0.2, 0.25) is 5.82 Å². The van der Waals surface area contributed by atoms with Gasteiger partial charge in [0, 0.05) is 0 Å². The zero-order chi connectivity index (χ0) is 12.4. The lowest BCUT2D eigenvalue weighted by atomic mass is 10.2. The number of hydrogen-bond acceptors (Lipinski definition) is 4. The highest BCUT2D eigenvalue weighted by Crippen LogP contribution is 2.24. The van der Waals surface area contributed by atoms with Gasteiger partial charge in [-0.3, -0.25) is 0 Å². The highest BCUT2D eigenvalue weighted by molar-refractivity contribution is 5.53. The Kier molecular flexibility index (Phi) is 3.14. The molecule has 17 heavy (non-hydrogen) atoms. The SMILES string of the molecule is CCC(O)c1noc(-c2cccc(F)c2F)n1. The minimum absolute atomic E-state index is 0.0613. The van der Waals surface area contributed by atoms with Gasteiger partial charge in [-0.15, -0.1) is 0 Å². The van der Waals surface area contributed by atoms with Gasteiger partial charge < -0.3 is 9.63 Å². The molecule has 0 aliphatic carbocycles. The molecule has 0 saturated heterocycles. The molecule has 2 rings (SSSR count). The average Bonchev–Trinajstić information content (AvgIpc) is 2.81. The summed E-state index contributed by atoms with van der Waals surface area (Å²) in [5, 5.41) is 13.0. The molecule has 6 heteroatoms. The molecule has 0 aliphatic rings. The van der Waals surface area contributed by atoms with Gasteiger partial charge in [0.25, 0.3) is 5.89 Å². The first-order valence-electron chi connectivity index (χ1n) is 5.09. The largest absolute Gasteiger partial charge is 0.385 e. The monoisotopic (exact) mass is 240 g/mol. The van der Waals surface area contributed by atoms with E-state index < -0.39 is 17.7 Å². The summed E-state index contributed by atoms with van der Waals surface area (Å²) in [7, 11) is 0. The topological polar surface area (TPSA) is 59.2 Å². The van der Waals surface area contributed by atoms with Crippen LogP contribution in [0.5, 0.6) is 0 Å². The molecule has 1 aromatic heterocycles. The van der Waals surface area contributed by atoms with E-state index in [1.165, 1.54) is 12.1 Å². The number of aliphatic hydroxyl groups is 1. The predicted octanol–water partition coefficient (Wildman–Crippen LogP) is 2.46. The molecule has 1 unspecified atom stereocenters. The van der Waals surface area contributed by atoms with Crippen molar-refractivity contribution in [3.63, 3.8) is 0 Å². The Labute approximate surface area is 95.9 Å². The Balaban J connectivity index is 2.40. The van der Waals surface area contributed by atoms with Crippen LogP contribution in [0, 0.1) is 11.6 Å². The number of rotatable bonds is 3. The van der Waals surface area contributed by atoms with Crippen LogP contribution in [0.3, 0.4) is 0 Å². The van der Waals surface area contributed by atoms with Gasteiger partial charge >= 0.3 is 0 Å². The predicted molar refractivity (Wildman–Crippen MR) is 54.9 cm³/mol. The van der Waals surface area contributed by atoms with Crippen molar-refractivity contribution in [2.45, 2.75) is 19.4 Å². The molecule has 1 aromatic carbocycles. The lowest BCUT2D eigenvalue weighted by molar-refractivity contribution is 0.159. The van der Waals surface area contributed by atoms with Crippen LogP contribution in [0.1, 0.15) is 25.3 Å². The van der Waals surface area contributed by atoms with E-state index in [2.05, 4.69) is 10.1 Å². The van der Waals surface area contributed by atoms with Crippen molar-refractivity contribution >= 4 is 0 Å². The fourth-order valence-corrected chi connectivity index (χ4v) is 1.33. The molecule has 1 N–H and O–H groups in total. The number of aliphatic hydroxyl groups excluding tert-OH is 1. The smallest absolute Gasteiger partial charge is 0.261 e. The van der Waals surface area contributed by atoms with Gasteiger partial charge in [-0.05, 0) is 18.6 Å². The fraction of sp³-hybridized carbons (Fsp3) is 0.273. The van der Waals surface area contributed by atoms with Gasteiger partial charge in [-0.25, -0.2) is 8.78 Å². The standard InChI is InChI=1S/C11H10F2N2O2/c1-2-8(16)10-14-11(17-15-10)6-4-3-5-7(12)9(6)13/h3-5,8,16H,2H2,1H3. The first-order valence-corrected chi connectivity index (χ1v) is 5.09. The summed E-state index contributed by atoms with van der Waals surface area (Å²) < 4.78 is 31.2. The minimum atomic E-state index is -1.05. The summed E-state index contributed by atoms with van der Waals surface area (Å²) in [5.41, 5.74) is -0.118. The molecule has 2 aromatic rings. The summed E-state index contributed by atoms with van der Waals surface area (Å²) in [6, 6.07) is 3.67. The third-order valence-corrected chi connectivity index (χ3v) is 2.31. The first-order chi connectivity index (χ1) is 8.13. The minimum Gasteiger partial charge on any atom is -0.385 e. The summed E-state index contributed by atoms with van der Waals surface area (Å²) in [4.78, 5) is 3.82. The van der Waals surface area contributed by atoms with Gasteiger partial charge in [0.15, 0.2) is 11.6 Å². The van der Waals surface area contributed by atoms with E-state index >= 15 is 0 Å². The van der Waals surface area contributed by atoms with Gasteiger partial charge in [0.1, 0.15) is 6.10 Å². The first kappa shape index (κ1) is 11.7. The van der Waals surface area contributed by atoms with Gasteiger partial charge in [-0.2, -0.15) is 4.98 Å². The molecule has 0 fully saturated rings. The van der Waals surface area contributed by atoms with E-state index in [1.807, 2.05) is 0 Å². The molecule has 1 heterocycles. The maximum absolute atomic E-state index is 13.4. The third-order valence-electron chi connectivity index (χ3n) is 2.31. The second-order valence-electron chi connectivity index (χ2n) is 3.48. The van der Waals surface area contributed by atoms with Crippen molar-refractivity contribution in [3.8, 4) is 11.5 Å². The fourth-order valence-electron chi connectivity index (χ4n) is 1.33. The number of halogens is 2. The van der Waals surface area contributed by atoms with E-state index in [-0.39, 0.29) is 17.3 Å². The average molecular weight is 240 g/mol. The quantitative estimate of drug-likeness (QED) is 0.895. The van der Waals surface area contributed by atoms with Crippen molar-refractivity contribution in [1.82, 2.24) is 10.1 Å². The van der Waals surface area contributed by atoms with Gasteiger partial charge in [-0.1, -0.05) is 18.1 Å². The molecule has 0 bridgehead atoms. The Morgan fingerprint density at radius 1 is 1.41 bits per heavy atom. The second kappa shape index (κ2) is 4.58. The van der Waals surface area contributed by atoms with Gasteiger partial charge in [0.05, 0.1) is 5.56 Å². The summed E-state index contributed by atoms with van der Waals surface area (Å²) in [5.74, 6) is -2.12. The highest BCUT2D eigenvalue weighted by Gasteiger charge is 2.18. The zero-order valence-corrected chi connectivity index (χ0v) is 9.02. The maximum Gasteiger partial charge on any atom is 0.261 e. The van der Waals surface area contributed by atoms with Crippen molar-refractivity contribution in [2.75, 3.05) is 0 Å². The molecule has 1 atom stereocenters. The van der Waals surface area contributed by atoms with Crippen LogP contribution in [-0.2, 0) is 0 Å². The van der Waals surface area contributed by atoms with E-state index in [0.29, 0.717) is 6.42 Å². The molecular weight excluding hydrogens is 230 g/mol. The normalized spacial score (nSPS) is 12.7. The molecule has 0 amide bonds. The van der Waals surface area contributed by atoms with Crippen LogP contribution in [0.2, 0.25) is 0 Å². The Bertz CT molecular complexity index is 528. The number of hydrogen-bond donors (Lipinski definition) is 1. The molecule has 0 spiro atoms. The molecule has 0 aliphatic heterocycles. The van der Waals surface area contributed by atoms with E-state index in [9.17, 15) is 13.9 Å². The highest BCUT2D eigenvalue weighted by atomic mass is 19.2. The Morgan fingerprint density at radius 3 is 2.88 bits per heavy atom. The Hall–Kier alpha value is -1.82. The maximum atomic E-state index is 13.4. The van der Waals surface area contributed by atoms with Crippen molar-refractivity contribution < 1.29 is 18.4 Å². The number of nitrogens with zero attached hydrogens (tertiary/aromatic N) is 2. The summed E-state index contributed by atoms with van der Waals surface area (Å²) >= 11 is 0. The van der Waals surface area contributed by atoms with Crippen LogP contribution in [0.15, 0.2) is 22.7 Å². The lowest BCUT2D eigenvalue weighted by Gasteiger charge is -1.99. The summed E-state index contributed by atoms with van der Waals surface area (Å²) in [6.07, 6.45) is -0.464. The van der Waals surface area contributed by atoms with Crippen LogP contribution in [-0.4, -0.2) is 15.2 Å². The third kappa shape index (κ3) is 2.16. The lowest BCUT2D eigenvalue weighted by Crippen LogP contribution is -1.97. The molecule has 90 valence electrons. The zero-order valence-electron chi connectivity index (χ0n) is 9.02. The van der Waals surface area contributed by atoms with E-state index in [1.54, 1.807) is 6.92 Å². The molecule has 4 nitrogen and oxygen atoms in total. The van der Waals surface area contributed by atoms with E-state index in [4.69, 9.17) is 4.52 Å².